The van der Waals surface area contributed by atoms with Crippen LogP contribution in [0.4, 0.5) is 0 Å². The summed E-state index contributed by atoms with van der Waals surface area (Å²) < 4.78 is 30.5. The Balaban J connectivity index is 1.58. The summed E-state index contributed by atoms with van der Waals surface area (Å²) in [4.78, 5) is 56.1. The van der Waals surface area contributed by atoms with Crippen molar-refractivity contribution in [2.24, 2.45) is 0 Å². The van der Waals surface area contributed by atoms with Crippen LogP contribution in [0.1, 0.15) is 43.4 Å². The third-order valence-electron chi connectivity index (χ3n) is 7.79. The number of nitrogens with one attached hydrogen (secondary N) is 3. The number of aromatic nitrogens is 1. The molecule has 0 aliphatic heterocycles. The average Bonchev–Trinajstić information content (AvgIpc) is 3.50. The van der Waals surface area contributed by atoms with E-state index in [9.17, 15) is 28.8 Å². The maximum Gasteiger partial charge on any atom is 0.343 e. The van der Waals surface area contributed by atoms with E-state index in [-0.39, 0.29) is 32.7 Å². The van der Waals surface area contributed by atoms with Gasteiger partial charge in [-0.05, 0) is 49.4 Å². The largest absolute Gasteiger partial charge is 0.481 e. The van der Waals surface area contributed by atoms with Gasteiger partial charge in [-0.2, -0.15) is 0 Å². The number of aromatic amines is 1. The summed E-state index contributed by atoms with van der Waals surface area (Å²) in [6.45, 7) is 3.16. The summed E-state index contributed by atoms with van der Waals surface area (Å²) in [6.07, 6.45) is 1.29. The van der Waals surface area contributed by atoms with E-state index in [2.05, 4.69) is 15.6 Å². The van der Waals surface area contributed by atoms with Crippen LogP contribution in [0.3, 0.4) is 0 Å². The summed E-state index contributed by atoms with van der Waals surface area (Å²) in [5.41, 5.74) is 1.79. The third-order valence-corrected chi connectivity index (χ3v) is 10.3. The van der Waals surface area contributed by atoms with E-state index < -0.39 is 55.5 Å². The standard InChI is InChI=1S/C36H42N3O9P/c1-3-47-49(45,48-4-2)32(20-19-25-13-7-5-8-14-25)35(43)38-30(22-33(40)41)34(42)39-31(36(44)46-24-26-15-9-6-10-16-26)21-27-23-37-29-18-12-11-17-28(27)29/h5-18,23,30-32,37H,3-4,19-22,24H2,1-2H3,(H,38,43)(H,39,42)(H,40,41). The first-order valence-electron chi connectivity index (χ1n) is 16.1. The van der Waals surface area contributed by atoms with Crippen molar-refractivity contribution in [3.05, 3.63) is 108 Å². The van der Waals surface area contributed by atoms with Gasteiger partial charge >= 0.3 is 19.5 Å². The van der Waals surface area contributed by atoms with Crippen LogP contribution < -0.4 is 10.6 Å². The van der Waals surface area contributed by atoms with E-state index in [1.807, 2.05) is 60.7 Å². The van der Waals surface area contributed by atoms with Crippen molar-refractivity contribution in [3.8, 4) is 0 Å². The summed E-state index contributed by atoms with van der Waals surface area (Å²) >= 11 is 0. The molecule has 4 aromatic rings. The highest BCUT2D eigenvalue weighted by atomic mass is 31.2. The number of hydrogen-bond donors (Lipinski definition) is 4. The minimum absolute atomic E-state index is 0.00789. The fourth-order valence-corrected chi connectivity index (χ4v) is 7.39. The van der Waals surface area contributed by atoms with Crippen molar-refractivity contribution in [3.63, 3.8) is 0 Å². The Morgan fingerprint density at radius 1 is 0.796 bits per heavy atom. The molecule has 3 unspecified atom stereocenters. The maximum atomic E-state index is 13.9. The monoisotopic (exact) mass is 691 g/mol. The predicted molar refractivity (Wildman–Crippen MR) is 184 cm³/mol. The summed E-state index contributed by atoms with van der Waals surface area (Å²) in [6, 6.07) is 22.8. The van der Waals surface area contributed by atoms with Gasteiger partial charge in [0.1, 0.15) is 24.3 Å². The lowest BCUT2D eigenvalue weighted by molar-refractivity contribution is -0.149. The number of benzene rings is 3. The second-order valence-corrected chi connectivity index (χ2v) is 13.5. The van der Waals surface area contributed by atoms with Gasteiger partial charge in [0, 0.05) is 23.5 Å². The second kappa shape index (κ2) is 18.1. The smallest absolute Gasteiger partial charge is 0.343 e. The first-order chi connectivity index (χ1) is 23.6. The molecule has 0 bridgehead atoms. The average molecular weight is 692 g/mol. The molecule has 0 saturated heterocycles. The fraction of sp³-hybridized carbons (Fsp3) is 0.333. The lowest BCUT2D eigenvalue weighted by Crippen LogP contribution is -2.54. The Hall–Kier alpha value is -4.77. The molecule has 13 heteroatoms. The molecule has 1 heterocycles. The Morgan fingerprint density at radius 2 is 1.39 bits per heavy atom. The fourth-order valence-electron chi connectivity index (χ4n) is 5.43. The molecule has 0 aliphatic rings. The molecule has 49 heavy (non-hydrogen) atoms. The van der Waals surface area contributed by atoms with Gasteiger partial charge in [-0.3, -0.25) is 18.9 Å². The SMILES string of the molecule is CCOP(=O)(OCC)C(CCc1ccccc1)C(=O)NC(CC(=O)O)C(=O)NC(Cc1c[nH]c2ccccc12)C(=O)OCc1ccccc1. The molecule has 2 amide bonds. The highest BCUT2D eigenvalue weighted by Crippen LogP contribution is 2.54. The summed E-state index contributed by atoms with van der Waals surface area (Å²) in [7, 11) is -4.06. The Morgan fingerprint density at radius 3 is 2.02 bits per heavy atom. The van der Waals surface area contributed by atoms with Gasteiger partial charge in [-0.15, -0.1) is 0 Å². The molecular formula is C36H42N3O9P. The van der Waals surface area contributed by atoms with Crippen LogP contribution in [0.15, 0.2) is 91.1 Å². The van der Waals surface area contributed by atoms with E-state index in [0.29, 0.717) is 12.0 Å². The van der Waals surface area contributed by atoms with Crippen molar-refractivity contribution in [1.82, 2.24) is 15.6 Å². The molecule has 3 atom stereocenters. The number of carbonyl (C=O) groups is 4. The number of esters is 1. The van der Waals surface area contributed by atoms with E-state index in [1.165, 1.54) is 0 Å². The number of aliphatic carboxylic acids is 1. The second-order valence-electron chi connectivity index (χ2n) is 11.3. The number of carboxylic acids is 1. The first kappa shape index (κ1) is 37.1. The number of para-hydroxylation sites is 1. The van der Waals surface area contributed by atoms with E-state index in [4.69, 9.17) is 13.8 Å². The first-order valence-corrected chi connectivity index (χ1v) is 17.8. The van der Waals surface area contributed by atoms with Crippen molar-refractivity contribution in [2.75, 3.05) is 13.2 Å². The van der Waals surface area contributed by atoms with Crippen LogP contribution in [0.25, 0.3) is 10.9 Å². The normalized spacial score (nSPS) is 13.3. The van der Waals surface area contributed by atoms with Crippen molar-refractivity contribution in [1.29, 1.82) is 0 Å². The Kier molecular flexibility index (Phi) is 13.7. The number of hydrogen-bond acceptors (Lipinski definition) is 8. The van der Waals surface area contributed by atoms with Gasteiger partial charge in [0.15, 0.2) is 0 Å². The van der Waals surface area contributed by atoms with Gasteiger partial charge in [-0.1, -0.05) is 78.9 Å². The zero-order valence-electron chi connectivity index (χ0n) is 27.5. The summed E-state index contributed by atoms with van der Waals surface area (Å²) in [5.74, 6) is -3.93. The number of amides is 2. The zero-order valence-corrected chi connectivity index (χ0v) is 28.4. The number of rotatable bonds is 19. The van der Waals surface area contributed by atoms with Gasteiger partial charge in [0.25, 0.3) is 0 Å². The molecule has 3 aromatic carbocycles. The summed E-state index contributed by atoms with van der Waals surface area (Å²) in [5, 5.41) is 15.6. The van der Waals surface area contributed by atoms with Crippen LogP contribution in [-0.4, -0.2) is 64.8 Å². The van der Waals surface area contributed by atoms with Crippen LogP contribution in [-0.2, 0) is 57.0 Å². The van der Waals surface area contributed by atoms with E-state index in [1.54, 1.807) is 44.3 Å². The van der Waals surface area contributed by atoms with Crippen molar-refractivity contribution in [2.45, 2.75) is 63.9 Å². The van der Waals surface area contributed by atoms with E-state index >= 15 is 0 Å². The molecule has 0 aliphatic carbocycles. The number of H-pyrrole nitrogens is 1. The van der Waals surface area contributed by atoms with Crippen LogP contribution in [0.5, 0.6) is 0 Å². The van der Waals surface area contributed by atoms with Crippen LogP contribution >= 0.6 is 7.60 Å². The minimum atomic E-state index is -4.06. The van der Waals surface area contributed by atoms with Gasteiger partial charge in [-0.25, -0.2) is 4.79 Å². The van der Waals surface area contributed by atoms with Crippen LogP contribution in [0.2, 0.25) is 0 Å². The quantitative estimate of drug-likeness (QED) is 0.0765. The maximum absolute atomic E-state index is 13.9. The molecule has 0 spiro atoms. The lowest BCUT2D eigenvalue weighted by Gasteiger charge is -2.28. The van der Waals surface area contributed by atoms with Gasteiger partial charge in [0.05, 0.1) is 19.6 Å². The zero-order chi connectivity index (χ0) is 35.2. The highest BCUT2D eigenvalue weighted by molar-refractivity contribution is 7.55. The molecule has 4 N–H and O–H groups in total. The van der Waals surface area contributed by atoms with Gasteiger partial charge < -0.3 is 34.5 Å². The minimum Gasteiger partial charge on any atom is -0.481 e. The number of aryl methyl sites for hydroxylation is 1. The molecule has 1 aromatic heterocycles. The van der Waals surface area contributed by atoms with Gasteiger partial charge in [0.2, 0.25) is 11.8 Å². The highest BCUT2D eigenvalue weighted by Gasteiger charge is 2.42. The lowest BCUT2D eigenvalue weighted by atomic mass is 10.0. The van der Waals surface area contributed by atoms with Crippen molar-refractivity contribution >= 4 is 42.3 Å². The number of fused-ring (bicyclic) bond motifs is 1. The topological polar surface area (TPSA) is 173 Å². The molecule has 4 rings (SSSR count). The molecule has 0 fully saturated rings. The Bertz CT molecular complexity index is 1740. The molecule has 0 radical (unpaired) electrons. The predicted octanol–water partition coefficient (Wildman–Crippen LogP) is 5.17. The number of ether oxygens (including phenoxy) is 1. The Labute approximate surface area is 285 Å². The van der Waals surface area contributed by atoms with E-state index in [0.717, 1.165) is 22.0 Å². The van der Waals surface area contributed by atoms with Crippen molar-refractivity contribution < 1.29 is 42.6 Å². The van der Waals surface area contributed by atoms with Crippen LogP contribution in [0, 0.1) is 0 Å². The molecule has 12 nitrogen and oxygen atoms in total. The molecule has 260 valence electrons. The number of carboxylic acid groups (broad SMARTS) is 1. The molecular weight excluding hydrogens is 649 g/mol. The third kappa shape index (κ3) is 10.6. The molecule has 0 saturated carbocycles. The number of carbonyl (C=O) groups excluding carboxylic acids is 3.